The molecular weight excluding hydrogens is 464 g/mol. The summed E-state index contributed by atoms with van der Waals surface area (Å²) >= 11 is 0. The number of amides is 3. The van der Waals surface area contributed by atoms with Gasteiger partial charge in [-0.2, -0.15) is 5.26 Å². The van der Waals surface area contributed by atoms with Crippen LogP contribution >= 0.6 is 0 Å². The summed E-state index contributed by atoms with van der Waals surface area (Å²) in [5.74, 6) is -1.77. The molecule has 36 heavy (non-hydrogen) atoms. The standard InChI is InChI=1S/C26H32N4O6/c1-17-9-8-12-19(22(17)32)21(23(33)28-15-18-10-6-5-7-11-18)30(14-13-27)24(34)20(16-31)29-25(35)36-26(2,3)4/h5-12,20-21,31-32H,14-16H2,1-4H3,(H,28,33)(H,29,35). The van der Waals surface area contributed by atoms with Crippen molar-refractivity contribution >= 4 is 17.9 Å². The molecule has 2 aromatic carbocycles. The fraction of sp³-hybridized carbons (Fsp3) is 0.385. The Bertz CT molecular complexity index is 1110. The van der Waals surface area contributed by atoms with Gasteiger partial charge in [-0.05, 0) is 38.8 Å². The number of aryl methyl sites for hydroxylation is 1. The van der Waals surface area contributed by atoms with Gasteiger partial charge in [-0.15, -0.1) is 0 Å². The Morgan fingerprint density at radius 2 is 1.78 bits per heavy atom. The molecule has 0 saturated heterocycles. The summed E-state index contributed by atoms with van der Waals surface area (Å²) in [6.07, 6.45) is -0.949. The Balaban J connectivity index is 2.43. The molecule has 0 fully saturated rings. The number of aliphatic hydroxyl groups is 1. The Morgan fingerprint density at radius 1 is 1.11 bits per heavy atom. The van der Waals surface area contributed by atoms with E-state index in [2.05, 4.69) is 10.6 Å². The first-order valence-electron chi connectivity index (χ1n) is 11.4. The maximum absolute atomic E-state index is 13.4. The average molecular weight is 497 g/mol. The van der Waals surface area contributed by atoms with Gasteiger partial charge < -0.3 is 30.5 Å². The minimum Gasteiger partial charge on any atom is -0.507 e. The van der Waals surface area contributed by atoms with Crippen LogP contribution in [0.4, 0.5) is 4.79 Å². The molecule has 2 unspecified atom stereocenters. The van der Waals surface area contributed by atoms with Crippen LogP contribution in [0.5, 0.6) is 5.75 Å². The number of carbonyl (C=O) groups excluding carboxylic acids is 3. The first-order valence-corrected chi connectivity index (χ1v) is 11.4. The van der Waals surface area contributed by atoms with Crippen molar-refractivity contribution in [2.75, 3.05) is 13.2 Å². The van der Waals surface area contributed by atoms with E-state index in [4.69, 9.17) is 4.74 Å². The summed E-state index contributed by atoms with van der Waals surface area (Å²) in [4.78, 5) is 40.0. The Labute approximate surface area is 210 Å². The second-order valence-electron chi connectivity index (χ2n) is 9.12. The number of alkyl carbamates (subject to hydrolysis) is 1. The van der Waals surface area contributed by atoms with Crippen molar-refractivity contribution < 1.29 is 29.3 Å². The average Bonchev–Trinajstić information content (AvgIpc) is 2.82. The van der Waals surface area contributed by atoms with E-state index in [1.54, 1.807) is 39.8 Å². The first kappa shape index (κ1) is 28.1. The molecule has 0 aliphatic heterocycles. The van der Waals surface area contributed by atoms with Crippen LogP contribution in [0, 0.1) is 18.3 Å². The largest absolute Gasteiger partial charge is 0.507 e. The van der Waals surface area contributed by atoms with Crippen LogP contribution in [-0.2, 0) is 20.9 Å². The number of aliphatic hydroxyl groups excluding tert-OH is 1. The molecule has 0 saturated carbocycles. The van der Waals surface area contributed by atoms with E-state index in [9.17, 15) is 29.9 Å². The summed E-state index contributed by atoms with van der Waals surface area (Å²) in [7, 11) is 0. The van der Waals surface area contributed by atoms with E-state index in [0.717, 1.165) is 10.5 Å². The van der Waals surface area contributed by atoms with Gasteiger partial charge in [0.15, 0.2) is 0 Å². The van der Waals surface area contributed by atoms with E-state index < -0.39 is 48.7 Å². The van der Waals surface area contributed by atoms with E-state index in [-0.39, 0.29) is 17.9 Å². The van der Waals surface area contributed by atoms with Crippen molar-refractivity contribution in [2.24, 2.45) is 0 Å². The number of hydrogen-bond donors (Lipinski definition) is 4. The second-order valence-corrected chi connectivity index (χ2v) is 9.12. The van der Waals surface area contributed by atoms with E-state index >= 15 is 0 Å². The van der Waals surface area contributed by atoms with Crippen molar-refractivity contribution in [2.45, 2.75) is 51.9 Å². The number of nitrogens with zero attached hydrogens (tertiary/aromatic N) is 2. The molecule has 0 aliphatic carbocycles. The van der Waals surface area contributed by atoms with Crippen LogP contribution in [0.15, 0.2) is 48.5 Å². The number of phenolic OH excluding ortho intramolecular Hbond substituents is 1. The number of benzene rings is 2. The van der Waals surface area contributed by atoms with E-state index in [0.29, 0.717) is 5.56 Å². The summed E-state index contributed by atoms with van der Waals surface area (Å²) in [5, 5.41) is 35.1. The fourth-order valence-corrected chi connectivity index (χ4v) is 3.44. The number of rotatable bonds is 9. The predicted octanol–water partition coefficient (Wildman–Crippen LogP) is 2.30. The Morgan fingerprint density at radius 3 is 2.36 bits per heavy atom. The van der Waals surface area contributed by atoms with Crippen LogP contribution in [0.2, 0.25) is 0 Å². The van der Waals surface area contributed by atoms with Crippen molar-refractivity contribution in [1.29, 1.82) is 5.26 Å². The van der Waals surface area contributed by atoms with Gasteiger partial charge in [-0.1, -0.05) is 48.5 Å². The highest BCUT2D eigenvalue weighted by molar-refractivity contribution is 5.92. The van der Waals surface area contributed by atoms with Gasteiger partial charge in [0, 0.05) is 12.1 Å². The van der Waals surface area contributed by atoms with Gasteiger partial charge in [0.05, 0.1) is 12.7 Å². The highest BCUT2D eigenvalue weighted by atomic mass is 16.6. The molecule has 3 amide bonds. The van der Waals surface area contributed by atoms with Crippen LogP contribution in [0.1, 0.15) is 43.5 Å². The number of carbonyl (C=O) groups is 3. The third kappa shape index (κ3) is 7.71. The van der Waals surface area contributed by atoms with Crippen LogP contribution in [0.3, 0.4) is 0 Å². The first-order chi connectivity index (χ1) is 17.0. The number of nitriles is 1. The lowest BCUT2D eigenvalue weighted by molar-refractivity contribution is -0.142. The maximum Gasteiger partial charge on any atom is 0.408 e. The molecule has 0 radical (unpaired) electrons. The molecule has 0 spiro atoms. The molecule has 10 nitrogen and oxygen atoms in total. The molecule has 0 aromatic heterocycles. The fourth-order valence-electron chi connectivity index (χ4n) is 3.44. The Kier molecular flexibility index (Phi) is 9.82. The number of aromatic hydroxyl groups is 1. The Hall–Kier alpha value is -4.10. The number of hydrogen-bond acceptors (Lipinski definition) is 7. The number of para-hydroxylation sites is 1. The summed E-state index contributed by atoms with van der Waals surface area (Å²) < 4.78 is 5.16. The van der Waals surface area contributed by atoms with Gasteiger partial charge in [-0.3, -0.25) is 9.59 Å². The molecule has 2 rings (SSSR count). The predicted molar refractivity (Wildman–Crippen MR) is 131 cm³/mol. The van der Waals surface area contributed by atoms with Crippen LogP contribution < -0.4 is 10.6 Å². The van der Waals surface area contributed by atoms with Gasteiger partial charge in [0.1, 0.15) is 30.0 Å². The zero-order valence-electron chi connectivity index (χ0n) is 20.8. The monoisotopic (exact) mass is 496 g/mol. The van der Waals surface area contributed by atoms with E-state index in [1.165, 1.54) is 6.07 Å². The molecule has 0 heterocycles. The molecule has 2 atom stereocenters. The minimum absolute atomic E-state index is 0.0955. The lowest BCUT2D eigenvalue weighted by Crippen LogP contribution is -2.54. The van der Waals surface area contributed by atoms with Crippen molar-refractivity contribution in [3.63, 3.8) is 0 Å². The lowest BCUT2D eigenvalue weighted by atomic mass is 9.99. The lowest BCUT2D eigenvalue weighted by Gasteiger charge is -2.32. The van der Waals surface area contributed by atoms with Crippen LogP contribution in [-0.4, -0.2) is 57.8 Å². The van der Waals surface area contributed by atoms with Crippen molar-refractivity contribution in [3.8, 4) is 11.8 Å². The normalized spacial score (nSPS) is 12.6. The number of ether oxygens (including phenoxy) is 1. The molecular formula is C26H32N4O6. The summed E-state index contributed by atoms with van der Waals surface area (Å²) in [6, 6.07) is 12.7. The SMILES string of the molecule is Cc1cccc(C(C(=O)NCc2ccccc2)N(CC#N)C(=O)C(CO)NC(=O)OC(C)(C)C)c1O. The van der Waals surface area contributed by atoms with Crippen LogP contribution in [0.25, 0.3) is 0 Å². The molecule has 0 bridgehead atoms. The zero-order valence-corrected chi connectivity index (χ0v) is 20.8. The van der Waals surface area contributed by atoms with Gasteiger partial charge >= 0.3 is 6.09 Å². The topological polar surface area (TPSA) is 152 Å². The minimum atomic E-state index is -1.50. The third-order valence-electron chi connectivity index (χ3n) is 5.13. The highest BCUT2D eigenvalue weighted by Gasteiger charge is 2.37. The number of phenols is 1. The zero-order chi connectivity index (χ0) is 26.9. The van der Waals surface area contributed by atoms with Gasteiger partial charge in [0.2, 0.25) is 11.8 Å². The smallest absolute Gasteiger partial charge is 0.408 e. The second kappa shape index (κ2) is 12.6. The van der Waals surface area contributed by atoms with Crippen molar-refractivity contribution in [1.82, 2.24) is 15.5 Å². The van der Waals surface area contributed by atoms with Gasteiger partial charge in [-0.25, -0.2) is 4.79 Å². The molecule has 0 aliphatic rings. The van der Waals surface area contributed by atoms with Crippen molar-refractivity contribution in [3.05, 3.63) is 65.2 Å². The maximum atomic E-state index is 13.4. The van der Waals surface area contributed by atoms with Gasteiger partial charge in [0.25, 0.3) is 0 Å². The summed E-state index contributed by atoms with van der Waals surface area (Å²) in [5.41, 5.74) is 0.504. The molecule has 2 aromatic rings. The molecule has 4 N–H and O–H groups in total. The molecule has 192 valence electrons. The highest BCUT2D eigenvalue weighted by Crippen LogP contribution is 2.32. The quantitative estimate of drug-likeness (QED) is 0.389. The number of nitrogens with one attached hydrogen (secondary N) is 2. The summed E-state index contributed by atoms with van der Waals surface area (Å²) in [6.45, 7) is 5.32. The van der Waals surface area contributed by atoms with E-state index in [1.807, 2.05) is 36.4 Å². The molecule has 10 heteroatoms. The third-order valence-corrected chi connectivity index (χ3v) is 5.13.